The molecule has 0 amide bonds. The average Bonchev–Trinajstić information content (AvgIpc) is 2.29. The van der Waals surface area contributed by atoms with Crippen molar-refractivity contribution in [3.8, 4) is 0 Å². The van der Waals surface area contributed by atoms with Crippen LogP contribution < -0.4 is 5.73 Å². The molecule has 19 heavy (non-hydrogen) atoms. The van der Waals surface area contributed by atoms with Crippen LogP contribution in [0.3, 0.4) is 0 Å². The first-order valence-corrected chi connectivity index (χ1v) is 6.14. The summed E-state index contributed by atoms with van der Waals surface area (Å²) in [6.07, 6.45) is -1.96. The minimum Gasteiger partial charge on any atom is -0.459 e. The Labute approximate surface area is 111 Å². The first kappa shape index (κ1) is 15.7. The van der Waals surface area contributed by atoms with E-state index in [-0.39, 0.29) is 6.10 Å². The molecule has 1 rings (SSSR count). The Morgan fingerprint density at radius 2 is 2.16 bits per heavy atom. The van der Waals surface area contributed by atoms with Crippen molar-refractivity contribution in [3.63, 3.8) is 0 Å². The van der Waals surface area contributed by atoms with Crippen LogP contribution in [-0.4, -0.2) is 42.7 Å². The van der Waals surface area contributed by atoms with Crippen molar-refractivity contribution in [2.24, 2.45) is 10.8 Å². The Morgan fingerprint density at radius 3 is 2.63 bits per heavy atom. The minimum absolute atomic E-state index is 0.0831. The summed E-state index contributed by atoms with van der Waals surface area (Å²) in [7, 11) is 0. The van der Waals surface area contributed by atoms with E-state index >= 15 is 0 Å². The molecule has 5 atom stereocenters. The topological polar surface area (TPSA) is 120 Å². The highest BCUT2D eigenvalue weighted by molar-refractivity contribution is 5.66. The normalized spacial score (nSPS) is 34.7. The van der Waals surface area contributed by atoms with Gasteiger partial charge in [0, 0.05) is 11.8 Å². The highest BCUT2D eigenvalue weighted by Crippen LogP contribution is 2.26. The molecule has 108 valence electrons. The maximum atomic E-state index is 11.1. The van der Waals surface area contributed by atoms with Crippen molar-refractivity contribution in [2.75, 3.05) is 0 Å². The van der Waals surface area contributed by atoms with Crippen LogP contribution in [0.5, 0.6) is 0 Å². The van der Waals surface area contributed by atoms with Crippen molar-refractivity contribution in [1.82, 2.24) is 0 Å². The molecule has 1 heterocycles. The molecule has 0 radical (unpaired) electrons. The molecule has 0 saturated carbocycles. The fraction of sp³-hybridized carbons (Fsp3) is 0.909. The second-order valence-corrected chi connectivity index (χ2v) is 4.74. The summed E-state index contributed by atoms with van der Waals surface area (Å²) in [6.45, 7) is 6.70. The summed E-state index contributed by atoms with van der Waals surface area (Å²) in [4.78, 5) is 13.8. The summed E-state index contributed by atoms with van der Waals surface area (Å²) >= 11 is 0. The fourth-order valence-corrected chi connectivity index (χ4v) is 1.99. The molecule has 1 aliphatic heterocycles. The van der Waals surface area contributed by atoms with Crippen LogP contribution in [0.25, 0.3) is 10.4 Å². The molecule has 0 aromatic rings. The number of nitrogens with two attached hydrogens (primary N) is 1. The number of carbonyl (C=O) groups excluding carboxylic acids is 1. The zero-order valence-corrected chi connectivity index (χ0v) is 11.5. The van der Waals surface area contributed by atoms with Gasteiger partial charge in [-0.25, -0.2) is 0 Å². The molecular formula is C11H20N4O4. The first-order chi connectivity index (χ1) is 8.86. The largest absolute Gasteiger partial charge is 0.459 e. The molecule has 8 heteroatoms. The molecular weight excluding hydrogens is 252 g/mol. The molecule has 2 unspecified atom stereocenters. The molecule has 1 fully saturated rings. The second-order valence-electron chi connectivity index (χ2n) is 4.74. The van der Waals surface area contributed by atoms with E-state index in [1.54, 1.807) is 6.92 Å². The number of esters is 1. The van der Waals surface area contributed by atoms with Gasteiger partial charge in [-0.15, -0.1) is 0 Å². The van der Waals surface area contributed by atoms with E-state index in [2.05, 4.69) is 10.0 Å². The molecule has 1 aliphatic rings. The van der Waals surface area contributed by atoms with Gasteiger partial charge in [0.1, 0.15) is 6.10 Å². The Balaban J connectivity index is 2.91. The minimum atomic E-state index is -0.721. The smallest absolute Gasteiger partial charge is 0.303 e. The van der Waals surface area contributed by atoms with Crippen molar-refractivity contribution in [1.29, 1.82) is 0 Å². The Morgan fingerprint density at radius 1 is 1.53 bits per heavy atom. The van der Waals surface area contributed by atoms with Gasteiger partial charge in [0.2, 0.25) is 0 Å². The Kier molecular flexibility index (Phi) is 5.56. The number of carbonyl (C=O) groups is 1. The predicted molar refractivity (Wildman–Crippen MR) is 67.0 cm³/mol. The highest BCUT2D eigenvalue weighted by Gasteiger charge is 2.44. The van der Waals surface area contributed by atoms with Gasteiger partial charge < -0.3 is 19.9 Å². The lowest BCUT2D eigenvalue weighted by molar-refractivity contribution is -0.247. The Hall–Kier alpha value is -1.34. The summed E-state index contributed by atoms with van der Waals surface area (Å²) in [5.74, 6) is -0.478. The summed E-state index contributed by atoms with van der Waals surface area (Å²) in [5.41, 5.74) is 14.6. The lowest BCUT2D eigenvalue weighted by Gasteiger charge is -2.42. The third kappa shape index (κ3) is 4.07. The van der Waals surface area contributed by atoms with Gasteiger partial charge in [0.25, 0.3) is 0 Å². The monoisotopic (exact) mass is 272 g/mol. The predicted octanol–water partition coefficient (Wildman–Crippen LogP) is 1.09. The molecule has 0 aliphatic carbocycles. The molecule has 0 aromatic heterocycles. The van der Waals surface area contributed by atoms with E-state index in [4.69, 9.17) is 25.5 Å². The third-order valence-electron chi connectivity index (χ3n) is 2.75. The molecule has 0 aromatic carbocycles. The average molecular weight is 272 g/mol. The van der Waals surface area contributed by atoms with Crippen LogP contribution in [-0.2, 0) is 19.0 Å². The number of nitrogens with zero attached hydrogens (tertiary/aromatic N) is 3. The van der Waals surface area contributed by atoms with Crippen LogP contribution in [0, 0.1) is 0 Å². The summed E-state index contributed by atoms with van der Waals surface area (Å²) < 4.78 is 16.3. The van der Waals surface area contributed by atoms with Gasteiger partial charge in [0.05, 0.1) is 24.3 Å². The van der Waals surface area contributed by atoms with Crippen molar-refractivity contribution >= 4 is 5.97 Å². The van der Waals surface area contributed by atoms with Gasteiger partial charge in [0.15, 0.2) is 6.29 Å². The van der Waals surface area contributed by atoms with E-state index in [0.717, 1.165) is 0 Å². The van der Waals surface area contributed by atoms with Crippen LogP contribution in [0.4, 0.5) is 0 Å². The van der Waals surface area contributed by atoms with E-state index in [1.807, 2.05) is 13.8 Å². The van der Waals surface area contributed by atoms with E-state index < -0.39 is 36.6 Å². The molecule has 0 bridgehead atoms. The van der Waals surface area contributed by atoms with Crippen LogP contribution in [0.15, 0.2) is 5.11 Å². The third-order valence-corrected chi connectivity index (χ3v) is 2.75. The number of hydrogen-bond acceptors (Lipinski definition) is 6. The molecule has 8 nitrogen and oxygen atoms in total. The Bertz CT molecular complexity index is 370. The van der Waals surface area contributed by atoms with Crippen molar-refractivity contribution in [2.45, 2.75) is 64.4 Å². The van der Waals surface area contributed by atoms with E-state index in [0.29, 0.717) is 0 Å². The quantitative estimate of drug-likeness (QED) is 0.355. The van der Waals surface area contributed by atoms with Crippen LogP contribution in [0.2, 0.25) is 0 Å². The molecule has 1 saturated heterocycles. The fourth-order valence-electron chi connectivity index (χ4n) is 1.99. The maximum absolute atomic E-state index is 11.1. The van der Waals surface area contributed by atoms with Gasteiger partial charge in [-0.3, -0.25) is 4.79 Å². The second kappa shape index (κ2) is 6.72. The number of azide groups is 1. The zero-order chi connectivity index (χ0) is 14.6. The van der Waals surface area contributed by atoms with Crippen LogP contribution >= 0.6 is 0 Å². The number of hydrogen-bond donors (Lipinski definition) is 1. The standard InChI is InChI=1S/C11H20N4O4/c1-5(2)17-11-8(12)9(14-15-13)10(6(3)18-11)19-7(4)16/h5-6,8-11H,12H2,1-4H3/t6?,8-,9?,10+,11+/m0/s1. The van der Waals surface area contributed by atoms with Crippen molar-refractivity contribution < 1.29 is 19.0 Å². The van der Waals surface area contributed by atoms with Gasteiger partial charge >= 0.3 is 5.97 Å². The molecule has 0 spiro atoms. The first-order valence-electron chi connectivity index (χ1n) is 6.14. The number of rotatable bonds is 4. The lowest BCUT2D eigenvalue weighted by atomic mass is 9.96. The zero-order valence-electron chi connectivity index (χ0n) is 11.5. The van der Waals surface area contributed by atoms with E-state index in [1.165, 1.54) is 6.92 Å². The molecule has 2 N–H and O–H groups in total. The highest BCUT2D eigenvalue weighted by atomic mass is 16.7. The van der Waals surface area contributed by atoms with E-state index in [9.17, 15) is 4.79 Å². The number of ether oxygens (including phenoxy) is 3. The van der Waals surface area contributed by atoms with Crippen molar-refractivity contribution in [3.05, 3.63) is 10.4 Å². The van der Waals surface area contributed by atoms with Gasteiger partial charge in [-0.05, 0) is 26.3 Å². The summed E-state index contributed by atoms with van der Waals surface area (Å²) in [5, 5.41) is 3.63. The maximum Gasteiger partial charge on any atom is 0.303 e. The van der Waals surface area contributed by atoms with Gasteiger partial charge in [-0.1, -0.05) is 5.11 Å². The summed E-state index contributed by atoms with van der Waals surface area (Å²) in [6, 6.07) is -1.42. The van der Waals surface area contributed by atoms with Gasteiger partial charge in [-0.2, -0.15) is 0 Å². The SMILES string of the molecule is CC(=O)O[C@@H]1C(C)O[C@@H](OC(C)C)[C@@H](N)C1N=[N+]=[N-]. The lowest BCUT2D eigenvalue weighted by Crippen LogP contribution is -2.61. The van der Waals surface area contributed by atoms with Crippen LogP contribution in [0.1, 0.15) is 27.7 Å².